The van der Waals surface area contributed by atoms with E-state index in [1.807, 2.05) is 24.1 Å². The third kappa shape index (κ3) is 2.31. The number of rotatable bonds is 3. The van der Waals surface area contributed by atoms with E-state index >= 15 is 0 Å². The molecule has 0 saturated carbocycles. The second-order valence-corrected chi connectivity index (χ2v) is 3.43. The SMILES string of the molecule is CCC1=NNCN1N=Cc1ccc(O)cc1. The normalized spacial score (nSPS) is 15.3. The number of phenols is 1. The van der Waals surface area contributed by atoms with Gasteiger partial charge in [-0.2, -0.15) is 10.2 Å². The van der Waals surface area contributed by atoms with Crippen LogP contribution in [0.2, 0.25) is 0 Å². The number of hydrogen-bond donors (Lipinski definition) is 2. The number of hydrazone groups is 2. The smallest absolute Gasteiger partial charge is 0.146 e. The number of hydrogen-bond acceptors (Lipinski definition) is 5. The molecule has 1 aromatic carbocycles. The van der Waals surface area contributed by atoms with E-state index in [0.717, 1.165) is 17.8 Å². The van der Waals surface area contributed by atoms with Gasteiger partial charge in [-0.3, -0.25) is 5.43 Å². The molecule has 1 aliphatic heterocycles. The Morgan fingerprint density at radius 2 is 2.25 bits per heavy atom. The van der Waals surface area contributed by atoms with Crippen LogP contribution in [0.3, 0.4) is 0 Å². The molecule has 84 valence electrons. The summed E-state index contributed by atoms with van der Waals surface area (Å²) in [6.45, 7) is 2.65. The molecule has 16 heavy (non-hydrogen) atoms. The molecule has 0 aliphatic carbocycles. The predicted octanol–water partition coefficient (Wildman–Crippen LogP) is 1.31. The molecular formula is C11H14N4O. The average Bonchev–Trinajstić information content (AvgIpc) is 2.76. The molecular weight excluding hydrogens is 204 g/mol. The third-order valence-corrected chi connectivity index (χ3v) is 2.28. The molecule has 0 aromatic heterocycles. The predicted molar refractivity (Wildman–Crippen MR) is 63.3 cm³/mol. The second kappa shape index (κ2) is 4.65. The molecule has 1 heterocycles. The van der Waals surface area contributed by atoms with Crippen molar-refractivity contribution in [2.75, 3.05) is 6.67 Å². The molecule has 0 atom stereocenters. The lowest BCUT2D eigenvalue weighted by Gasteiger charge is -2.10. The molecule has 0 amide bonds. The fourth-order valence-corrected chi connectivity index (χ4v) is 1.41. The van der Waals surface area contributed by atoms with E-state index < -0.39 is 0 Å². The molecule has 0 radical (unpaired) electrons. The van der Waals surface area contributed by atoms with Crippen molar-refractivity contribution in [2.45, 2.75) is 13.3 Å². The van der Waals surface area contributed by atoms with Crippen LogP contribution in [0, 0.1) is 0 Å². The summed E-state index contributed by atoms with van der Waals surface area (Å²) >= 11 is 0. The Balaban J connectivity index is 2.04. The minimum absolute atomic E-state index is 0.260. The van der Waals surface area contributed by atoms with Gasteiger partial charge in [0.25, 0.3) is 0 Å². The van der Waals surface area contributed by atoms with Gasteiger partial charge in [-0.15, -0.1) is 0 Å². The lowest BCUT2D eigenvalue weighted by Crippen LogP contribution is -2.23. The highest BCUT2D eigenvalue weighted by molar-refractivity contribution is 5.85. The molecule has 0 fully saturated rings. The van der Waals surface area contributed by atoms with E-state index in [2.05, 4.69) is 15.6 Å². The summed E-state index contributed by atoms with van der Waals surface area (Å²) in [7, 11) is 0. The van der Waals surface area contributed by atoms with Crippen molar-refractivity contribution in [2.24, 2.45) is 10.2 Å². The van der Waals surface area contributed by atoms with Crippen LogP contribution < -0.4 is 5.43 Å². The molecule has 2 N–H and O–H groups in total. The highest BCUT2D eigenvalue weighted by Gasteiger charge is 2.12. The van der Waals surface area contributed by atoms with Crippen LogP contribution in [-0.2, 0) is 0 Å². The Morgan fingerprint density at radius 3 is 2.94 bits per heavy atom. The summed E-state index contributed by atoms with van der Waals surface area (Å²) in [6.07, 6.45) is 2.59. The zero-order valence-electron chi connectivity index (χ0n) is 9.09. The molecule has 5 heteroatoms. The molecule has 0 saturated heterocycles. The van der Waals surface area contributed by atoms with Crippen molar-refractivity contribution in [1.29, 1.82) is 0 Å². The molecule has 0 spiro atoms. The van der Waals surface area contributed by atoms with Gasteiger partial charge in [-0.1, -0.05) is 6.92 Å². The number of benzene rings is 1. The van der Waals surface area contributed by atoms with Gasteiger partial charge >= 0.3 is 0 Å². The Kier molecular flexibility index (Phi) is 3.05. The number of aromatic hydroxyl groups is 1. The fraction of sp³-hybridized carbons (Fsp3) is 0.273. The quantitative estimate of drug-likeness (QED) is 0.752. The van der Waals surface area contributed by atoms with E-state index in [0.29, 0.717) is 6.67 Å². The van der Waals surface area contributed by atoms with Crippen molar-refractivity contribution in [1.82, 2.24) is 10.4 Å². The maximum Gasteiger partial charge on any atom is 0.146 e. The van der Waals surface area contributed by atoms with Gasteiger partial charge < -0.3 is 5.11 Å². The molecule has 0 unspecified atom stereocenters. The monoisotopic (exact) mass is 218 g/mol. The van der Waals surface area contributed by atoms with Gasteiger partial charge in [0.2, 0.25) is 0 Å². The van der Waals surface area contributed by atoms with Crippen LogP contribution in [0.15, 0.2) is 34.5 Å². The first-order valence-electron chi connectivity index (χ1n) is 5.19. The van der Waals surface area contributed by atoms with Gasteiger partial charge in [0, 0.05) is 6.42 Å². The first kappa shape index (κ1) is 10.5. The summed E-state index contributed by atoms with van der Waals surface area (Å²) in [5.41, 5.74) is 3.82. The zero-order valence-corrected chi connectivity index (χ0v) is 9.09. The van der Waals surface area contributed by atoms with E-state index in [1.54, 1.807) is 18.3 Å². The summed E-state index contributed by atoms with van der Waals surface area (Å²) in [5, 5.41) is 19.4. The van der Waals surface area contributed by atoms with Crippen LogP contribution in [0.1, 0.15) is 18.9 Å². The Bertz CT molecular complexity index is 410. The molecule has 5 nitrogen and oxygen atoms in total. The number of amidine groups is 1. The average molecular weight is 218 g/mol. The van der Waals surface area contributed by atoms with E-state index in [-0.39, 0.29) is 5.75 Å². The van der Waals surface area contributed by atoms with Crippen LogP contribution in [-0.4, -0.2) is 28.8 Å². The topological polar surface area (TPSA) is 60.2 Å². The third-order valence-electron chi connectivity index (χ3n) is 2.28. The number of nitrogens with zero attached hydrogens (tertiary/aromatic N) is 3. The van der Waals surface area contributed by atoms with E-state index in [4.69, 9.17) is 5.11 Å². The minimum Gasteiger partial charge on any atom is -0.508 e. The lowest BCUT2D eigenvalue weighted by molar-refractivity contribution is 0.447. The summed E-state index contributed by atoms with van der Waals surface area (Å²) in [6, 6.07) is 6.90. The van der Waals surface area contributed by atoms with Crippen LogP contribution in [0.25, 0.3) is 0 Å². The first-order valence-corrected chi connectivity index (χ1v) is 5.19. The van der Waals surface area contributed by atoms with Crippen molar-refractivity contribution >= 4 is 12.1 Å². The van der Waals surface area contributed by atoms with Crippen LogP contribution >= 0.6 is 0 Å². The van der Waals surface area contributed by atoms with Gasteiger partial charge in [-0.05, 0) is 29.8 Å². The molecule has 2 rings (SSSR count). The molecule has 0 bridgehead atoms. The van der Waals surface area contributed by atoms with Crippen molar-refractivity contribution < 1.29 is 5.11 Å². The first-order chi connectivity index (χ1) is 7.79. The minimum atomic E-state index is 0.260. The standard InChI is InChI=1S/C11H14N4O/c1-2-11-14-12-8-15(11)13-7-9-3-5-10(16)6-4-9/h3-7,12,16H,2,8H2,1H3. The molecule has 1 aliphatic rings. The maximum absolute atomic E-state index is 9.13. The fourth-order valence-electron chi connectivity index (χ4n) is 1.41. The highest BCUT2D eigenvalue weighted by Crippen LogP contribution is 2.08. The van der Waals surface area contributed by atoms with Crippen molar-refractivity contribution in [3.05, 3.63) is 29.8 Å². The van der Waals surface area contributed by atoms with Gasteiger partial charge in [0.1, 0.15) is 18.3 Å². The zero-order chi connectivity index (χ0) is 11.4. The van der Waals surface area contributed by atoms with Crippen LogP contribution in [0.4, 0.5) is 0 Å². The molecule has 1 aromatic rings. The van der Waals surface area contributed by atoms with Crippen LogP contribution in [0.5, 0.6) is 5.75 Å². The Hall–Kier alpha value is -2.04. The Labute approximate surface area is 94.1 Å². The summed E-state index contributed by atoms with van der Waals surface area (Å²) in [4.78, 5) is 0. The van der Waals surface area contributed by atoms with E-state index in [1.165, 1.54) is 0 Å². The number of nitrogens with one attached hydrogen (secondary N) is 1. The largest absolute Gasteiger partial charge is 0.508 e. The van der Waals surface area contributed by atoms with Gasteiger partial charge in [0.05, 0.1) is 6.21 Å². The summed E-state index contributed by atoms with van der Waals surface area (Å²) in [5.74, 6) is 1.19. The van der Waals surface area contributed by atoms with E-state index in [9.17, 15) is 0 Å². The van der Waals surface area contributed by atoms with Crippen molar-refractivity contribution in [3.8, 4) is 5.75 Å². The highest BCUT2D eigenvalue weighted by atomic mass is 16.3. The van der Waals surface area contributed by atoms with Gasteiger partial charge in [0.15, 0.2) is 0 Å². The maximum atomic E-state index is 9.13. The second-order valence-electron chi connectivity index (χ2n) is 3.43. The lowest BCUT2D eigenvalue weighted by atomic mass is 10.2. The van der Waals surface area contributed by atoms with Gasteiger partial charge in [-0.25, -0.2) is 5.01 Å². The van der Waals surface area contributed by atoms with Crippen molar-refractivity contribution in [3.63, 3.8) is 0 Å². The Morgan fingerprint density at radius 1 is 1.50 bits per heavy atom. The number of phenolic OH excluding ortho intramolecular Hbond substituents is 1. The summed E-state index contributed by atoms with van der Waals surface area (Å²) < 4.78 is 0.